The summed E-state index contributed by atoms with van der Waals surface area (Å²) in [6, 6.07) is 4.61. The van der Waals surface area contributed by atoms with Crippen molar-refractivity contribution in [2.45, 2.75) is 25.3 Å². The Kier molecular flexibility index (Phi) is 3.59. The molecule has 2 N–H and O–H groups in total. The SMILES string of the molecule is NCCN(c1ncccc1Br)C1CCC1. The van der Waals surface area contributed by atoms with Crippen molar-refractivity contribution in [3.8, 4) is 0 Å². The van der Waals surface area contributed by atoms with Crippen molar-refractivity contribution >= 4 is 21.7 Å². The molecular formula is C11H16BrN3. The van der Waals surface area contributed by atoms with E-state index in [1.54, 1.807) is 0 Å². The summed E-state index contributed by atoms with van der Waals surface area (Å²) in [6.07, 6.45) is 5.70. The average Bonchev–Trinajstić information content (AvgIpc) is 2.15. The number of halogens is 1. The molecule has 1 fully saturated rings. The maximum atomic E-state index is 5.65. The third-order valence-corrected chi connectivity index (χ3v) is 3.52. The topological polar surface area (TPSA) is 42.1 Å². The summed E-state index contributed by atoms with van der Waals surface area (Å²) in [7, 11) is 0. The van der Waals surface area contributed by atoms with Crippen LogP contribution in [0, 0.1) is 0 Å². The molecule has 4 heteroatoms. The van der Waals surface area contributed by atoms with Crippen LogP contribution in [0.15, 0.2) is 22.8 Å². The molecule has 3 nitrogen and oxygen atoms in total. The van der Waals surface area contributed by atoms with Gasteiger partial charge in [0.25, 0.3) is 0 Å². The Morgan fingerprint density at radius 3 is 2.87 bits per heavy atom. The molecule has 0 aromatic carbocycles. The van der Waals surface area contributed by atoms with Gasteiger partial charge in [-0.2, -0.15) is 0 Å². The molecule has 0 saturated heterocycles. The summed E-state index contributed by atoms with van der Waals surface area (Å²) in [5.41, 5.74) is 5.65. The predicted molar refractivity (Wildman–Crippen MR) is 66.0 cm³/mol. The van der Waals surface area contributed by atoms with Crippen LogP contribution in [0.4, 0.5) is 5.82 Å². The molecule has 0 unspecified atom stereocenters. The zero-order valence-electron chi connectivity index (χ0n) is 8.69. The number of hydrogen-bond donors (Lipinski definition) is 1. The molecule has 0 bridgehead atoms. The van der Waals surface area contributed by atoms with Crippen molar-refractivity contribution in [1.29, 1.82) is 0 Å². The second kappa shape index (κ2) is 4.94. The highest BCUT2D eigenvalue weighted by Crippen LogP contribution is 2.31. The van der Waals surface area contributed by atoms with E-state index in [0.29, 0.717) is 12.6 Å². The lowest BCUT2D eigenvalue weighted by molar-refractivity contribution is 0.385. The van der Waals surface area contributed by atoms with E-state index in [2.05, 4.69) is 25.8 Å². The maximum Gasteiger partial charge on any atom is 0.143 e. The minimum atomic E-state index is 0.639. The number of nitrogens with two attached hydrogens (primary N) is 1. The number of pyridine rings is 1. The third kappa shape index (κ3) is 2.32. The second-order valence-corrected chi connectivity index (χ2v) is 4.73. The first-order valence-electron chi connectivity index (χ1n) is 5.40. The number of rotatable bonds is 4. The van der Waals surface area contributed by atoms with Crippen LogP contribution in [-0.2, 0) is 0 Å². The number of hydrogen-bond acceptors (Lipinski definition) is 3. The van der Waals surface area contributed by atoms with Crippen molar-refractivity contribution < 1.29 is 0 Å². The third-order valence-electron chi connectivity index (χ3n) is 2.90. The highest BCUT2D eigenvalue weighted by molar-refractivity contribution is 9.10. The fourth-order valence-corrected chi connectivity index (χ4v) is 2.37. The normalized spacial score (nSPS) is 16.1. The average molecular weight is 270 g/mol. The Hall–Kier alpha value is -0.610. The zero-order valence-corrected chi connectivity index (χ0v) is 10.3. The molecule has 82 valence electrons. The summed E-state index contributed by atoms with van der Waals surface area (Å²) in [4.78, 5) is 6.75. The molecule has 1 aliphatic rings. The lowest BCUT2D eigenvalue weighted by Crippen LogP contribution is -2.43. The van der Waals surface area contributed by atoms with Gasteiger partial charge in [0.1, 0.15) is 5.82 Å². The van der Waals surface area contributed by atoms with E-state index in [4.69, 9.17) is 5.73 Å². The molecule has 0 radical (unpaired) electrons. The standard InChI is InChI=1S/C11H16BrN3/c12-10-5-2-7-14-11(10)15(8-6-13)9-3-1-4-9/h2,5,7,9H,1,3-4,6,8,13H2. The molecular weight excluding hydrogens is 254 g/mol. The fourth-order valence-electron chi connectivity index (χ4n) is 1.89. The van der Waals surface area contributed by atoms with Gasteiger partial charge >= 0.3 is 0 Å². The van der Waals surface area contributed by atoms with Crippen LogP contribution in [-0.4, -0.2) is 24.1 Å². The molecule has 1 heterocycles. The molecule has 0 amide bonds. The summed E-state index contributed by atoms with van der Waals surface area (Å²) >= 11 is 3.54. The Morgan fingerprint density at radius 1 is 1.53 bits per heavy atom. The fraction of sp³-hybridized carbons (Fsp3) is 0.545. The minimum absolute atomic E-state index is 0.639. The molecule has 1 aliphatic carbocycles. The van der Waals surface area contributed by atoms with E-state index in [1.807, 2.05) is 18.3 Å². The molecule has 15 heavy (non-hydrogen) atoms. The van der Waals surface area contributed by atoms with Gasteiger partial charge < -0.3 is 10.6 Å². The van der Waals surface area contributed by atoms with E-state index in [-0.39, 0.29) is 0 Å². The minimum Gasteiger partial charge on any atom is -0.351 e. The summed E-state index contributed by atoms with van der Waals surface area (Å²) in [6.45, 7) is 1.57. The van der Waals surface area contributed by atoms with Gasteiger partial charge in [0.15, 0.2) is 0 Å². The molecule has 1 saturated carbocycles. The van der Waals surface area contributed by atoms with Gasteiger partial charge in [-0.05, 0) is 47.3 Å². The van der Waals surface area contributed by atoms with Crippen LogP contribution in [0.25, 0.3) is 0 Å². The van der Waals surface area contributed by atoms with Gasteiger partial charge in [0.05, 0.1) is 4.47 Å². The van der Waals surface area contributed by atoms with Gasteiger partial charge in [0.2, 0.25) is 0 Å². The van der Waals surface area contributed by atoms with Gasteiger partial charge in [-0.15, -0.1) is 0 Å². The van der Waals surface area contributed by atoms with Crippen molar-refractivity contribution in [2.24, 2.45) is 5.73 Å². The van der Waals surface area contributed by atoms with Crippen molar-refractivity contribution in [3.63, 3.8) is 0 Å². The monoisotopic (exact) mass is 269 g/mol. The molecule has 1 aromatic heterocycles. The van der Waals surface area contributed by atoms with Crippen LogP contribution in [0.3, 0.4) is 0 Å². The van der Waals surface area contributed by atoms with Gasteiger partial charge in [-0.3, -0.25) is 0 Å². The molecule has 0 atom stereocenters. The molecule has 2 rings (SSSR count). The Balaban J connectivity index is 2.19. The van der Waals surface area contributed by atoms with E-state index in [9.17, 15) is 0 Å². The number of aromatic nitrogens is 1. The lowest BCUT2D eigenvalue weighted by Gasteiger charge is -2.38. The van der Waals surface area contributed by atoms with Crippen LogP contribution in [0.2, 0.25) is 0 Å². The van der Waals surface area contributed by atoms with Crippen molar-refractivity contribution in [3.05, 3.63) is 22.8 Å². The Bertz CT molecular complexity index is 325. The summed E-state index contributed by atoms with van der Waals surface area (Å²) in [5, 5.41) is 0. The van der Waals surface area contributed by atoms with Crippen molar-refractivity contribution in [2.75, 3.05) is 18.0 Å². The second-order valence-electron chi connectivity index (χ2n) is 3.88. The van der Waals surface area contributed by atoms with Gasteiger partial charge in [-0.1, -0.05) is 0 Å². The van der Waals surface area contributed by atoms with Crippen LogP contribution in [0.5, 0.6) is 0 Å². The predicted octanol–water partition coefficient (Wildman–Crippen LogP) is 2.16. The summed E-state index contributed by atoms with van der Waals surface area (Å²) in [5.74, 6) is 1.03. The van der Waals surface area contributed by atoms with Gasteiger partial charge in [-0.25, -0.2) is 4.98 Å². The van der Waals surface area contributed by atoms with Crippen molar-refractivity contribution in [1.82, 2.24) is 4.98 Å². The summed E-state index contributed by atoms with van der Waals surface area (Å²) < 4.78 is 1.06. The number of nitrogens with zero attached hydrogens (tertiary/aromatic N) is 2. The first-order chi connectivity index (χ1) is 7.33. The Labute approximate surface area is 98.8 Å². The van der Waals surface area contributed by atoms with Crippen LogP contribution >= 0.6 is 15.9 Å². The number of anilines is 1. The zero-order chi connectivity index (χ0) is 10.7. The maximum absolute atomic E-state index is 5.65. The first-order valence-corrected chi connectivity index (χ1v) is 6.19. The van der Waals surface area contributed by atoms with E-state index in [0.717, 1.165) is 16.8 Å². The van der Waals surface area contributed by atoms with Crippen LogP contribution < -0.4 is 10.6 Å². The lowest BCUT2D eigenvalue weighted by atomic mass is 9.91. The Morgan fingerprint density at radius 2 is 2.33 bits per heavy atom. The van der Waals surface area contributed by atoms with E-state index in [1.165, 1.54) is 19.3 Å². The molecule has 1 aromatic rings. The van der Waals surface area contributed by atoms with Gasteiger partial charge in [0, 0.05) is 25.3 Å². The van der Waals surface area contributed by atoms with E-state index < -0.39 is 0 Å². The van der Waals surface area contributed by atoms with E-state index >= 15 is 0 Å². The quantitative estimate of drug-likeness (QED) is 0.911. The highest BCUT2D eigenvalue weighted by atomic mass is 79.9. The van der Waals surface area contributed by atoms with Crippen LogP contribution in [0.1, 0.15) is 19.3 Å². The molecule has 0 aliphatic heterocycles. The largest absolute Gasteiger partial charge is 0.351 e. The molecule has 0 spiro atoms. The highest BCUT2D eigenvalue weighted by Gasteiger charge is 2.26. The smallest absolute Gasteiger partial charge is 0.143 e. The first kappa shape index (κ1) is 10.9.